The van der Waals surface area contributed by atoms with Crippen molar-refractivity contribution in [3.63, 3.8) is 0 Å². The zero-order valence-electron chi connectivity index (χ0n) is 9.67. The normalized spacial score (nSPS) is 12.2. The summed E-state index contributed by atoms with van der Waals surface area (Å²) in [6.07, 6.45) is 1.15. The fourth-order valence-corrected chi connectivity index (χ4v) is 1.91. The summed E-state index contributed by atoms with van der Waals surface area (Å²) in [7, 11) is 0. The summed E-state index contributed by atoms with van der Waals surface area (Å²) in [6, 6.07) is 4.56. The zero-order chi connectivity index (χ0) is 12.8. The van der Waals surface area contributed by atoms with Gasteiger partial charge in [0.2, 0.25) is 5.91 Å². The largest absolute Gasteiger partial charge is 0.330 e. The number of anilines is 1. The molecule has 3 N–H and O–H groups in total. The lowest BCUT2D eigenvalue weighted by molar-refractivity contribution is -0.117. The van der Waals surface area contributed by atoms with Crippen molar-refractivity contribution in [3.8, 4) is 0 Å². The van der Waals surface area contributed by atoms with Crippen LogP contribution in [0, 0.1) is 11.7 Å². The van der Waals surface area contributed by atoms with Gasteiger partial charge in [0.25, 0.3) is 0 Å². The Morgan fingerprint density at radius 1 is 1.59 bits per heavy atom. The van der Waals surface area contributed by atoms with E-state index < -0.39 is 5.82 Å². The second-order valence-electron chi connectivity index (χ2n) is 3.86. The molecule has 1 unspecified atom stereocenters. The van der Waals surface area contributed by atoms with Crippen molar-refractivity contribution in [1.82, 2.24) is 0 Å². The van der Waals surface area contributed by atoms with Crippen molar-refractivity contribution in [3.05, 3.63) is 28.5 Å². The van der Waals surface area contributed by atoms with Gasteiger partial charge in [-0.25, -0.2) is 4.39 Å². The number of amides is 1. The predicted octanol–water partition coefficient (Wildman–Crippen LogP) is 2.90. The Labute approximate surface area is 109 Å². The molecule has 0 saturated heterocycles. The molecule has 0 radical (unpaired) electrons. The van der Waals surface area contributed by atoms with E-state index in [0.29, 0.717) is 17.4 Å². The predicted molar refractivity (Wildman–Crippen MR) is 70.2 cm³/mol. The van der Waals surface area contributed by atoms with Crippen molar-refractivity contribution >= 4 is 27.5 Å². The average Bonchev–Trinajstić information content (AvgIpc) is 2.31. The highest BCUT2D eigenvalue weighted by Gasteiger charge is 2.14. The maximum Gasteiger partial charge on any atom is 0.224 e. The SMILES string of the molecule is CCC(CN)CC(=O)Nc1c(F)cccc1Br. The number of hydrogen-bond donors (Lipinski definition) is 2. The molecule has 0 aromatic heterocycles. The van der Waals surface area contributed by atoms with Gasteiger partial charge < -0.3 is 11.1 Å². The van der Waals surface area contributed by atoms with Gasteiger partial charge in [0.15, 0.2) is 0 Å². The Morgan fingerprint density at radius 3 is 2.82 bits per heavy atom. The number of hydrogen-bond acceptors (Lipinski definition) is 2. The standard InChI is InChI=1S/C12H16BrFN2O/c1-2-8(7-15)6-11(17)16-12-9(13)4-3-5-10(12)14/h3-5,8H,2,6-7,15H2,1H3,(H,16,17). The van der Waals surface area contributed by atoms with Crippen LogP contribution in [0.5, 0.6) is 0 Å². The van der Waals surface area contributed by atoms with Crippen molar-refractivity contribution in [2.24, 2.45) is 11.7 Å². The highest BCUT2D eigenvalue weighted by Crippen LogP contribution is 2.25. The second kappa shape index (κ2) is 6.71. The van der Waals surface area contributed by atoms with E-state index in [4.69, 9.17) is 5.73 Å². The van der Waals surface area contributed by atoms with Crippen molar-refractivity contribution in [2.75, 3.05) is 11.9 Å². The summed E-state index contributed by atoms with van der Waals surface area (Å²) in [6.45, 7) is 2.44. The second-order valence-corrected chi connectivity index (χ2v) is 4.71. The maximum atomic E-state index is 13.4. The van der Waals surface area contributed by atoms with Crippen molar-refractivity contribution < 1.29 is 9.18 Å². The monoisotopic (exact) mass is 302 g/mol. The van der Waals surface area contributed by atoms with E-state index in [9.17, 15) is 9.18 Å². The molecule has 1 aromatic rings. The molecule has 0 aliphatic heterocycles. The van der Waals surface area contributed by atoms with Crippen LogP contribution in [0.3, 0.4) is 0 Å². The molecule has 5 heteroatoms. The maximum absolute atomic E-state index is 13.4. The van der Waals surface area contributed by atoms with Gasteiger partial charge in [0.1, 0.15) is 5.82 Å². The third-order valence-electron chi connectivity index (χ3n) is 2.61. The number of nitrogens with one attached hydrogen (secondary N) is 1. The van der Waals surface area contributed by atoms with Gasteiger partial charge in [-0.3, -0.25) is 4.79 Å². The molecule has 1 rings (SSSR count). The Kier molecular flexibility index (Phi) is 5.58. The van der Waals surface area contributed by atoms with Crippen LogP contribution in [-0.2, 0) is 4.79 Å². The van der Waals surface area contributed by atoms with E-state index in [-0.39, 0.29) is 17.5 Å². The molecule has 3 nitrogen and oxygen atoms in total. The molecule has 0 spiro atoms. The van der Waals surface area contributed by atoms with E-state index in [1.54, 1.807) is 12.1 Å². The van der Waals surface area contributed by atoms with E-state index in [2.05, 4.69) is 21.2 Å². The van der Waals surface area contributed by atoms with Gasteiger partial charge in [-0.05, 0) is 40.5 Å². The minimum Gasteiger partial charge on any atom is -0.330 e. The number of rotatable bonds is 5. The minimum atomic E-state index is -0.450. The van der Waals surface area contributed by atoms with E-state index in [1.807, 2.05) is 6.92 Å². The van der Waals surface area contributed by atoms with Gasteiger partial charge >= 0.3 is 0 Å². The first-order chi connectivity index (χ1) is 8.08. The van der Waals surface area contributed by atoms with Crippen molar-refractivity contribution in [2.45, 2.75) is 19.8 Å². The molecule has 17 heavy (non-hydrogen) atoms. The first kappa shape index (κ1) is 14.1. The van der Waals surface area contributed by atoms with Crippen LogP contribution >= 0.6 is 15.9 Å². The summed E-state index contributed by atoms with van der Waals surface area (Å²) < 4.78 is 14.0. The van der Waals surface area contributed by atoms with E-state index in [0.717, 1.165) is 6.42 Å². The lowest BCUT2D eigenvalue weighted by atomic mass is 10.0. The Morgan fingerprint density at radius 2 is 2.29 bits per heavy atom. The summed E-state index contributed by atoms with van der Waals surface area (Å²) in [5.41, 5.74) is 5.71. The number of benzene rings is 1. The molecule has 0 heterocycles. The minimum absolute atomic E-state index is 0.139. The molecule has 1 atom stereocenters. The summed E-state index contributed by atoms with van der Waals surface area (Å²) in [5.74, 6) is -0.526. The van der Waals surface area contributed by atoms with Gasteiger partial charge in [-0.2, -0.15) is 0 Å². The topological polar surface area (TPSA) is 55.1 Å². The molecule has 1 amide bonds. The van der Waals surface area contributed by atoms with Crippen LogP contribution in [0.15, 0.2) is 22.7 Å². The van der Waals surface area contributed by atoms with Crippen LogP contribution in [0.1, 0.15) is 19.8 Å². The van der Waals surface area contributed by atoms with E-state index >= 15 is 0 Å². The molecule has 1 aromatic carbocycles. The van der Waals surface area contributed by atoms with Gasteiger partial charge in [0.05, 0.1) is 5.69 Å². The van der Waals surface area contributed by atoms with Crippen LogP contribution in [0.4, 0.5) is 10.1 Å². The Hall–Kier alpha value is -0.940. The number of carbonyl (C=O) groups excluding carboxylic acids is 1. The van der Waals surface area contributed by atoms with Crippen molar-refractivity contribution in [1.29, 1.82) is 0 Å². The molecule has 0 saturated carbocycles. The number of carbonyl (C=O) groups is 1. The first-order valence-electron chi connectivity index (χ1n) is 5.52. The van der Waals surface area contributed by atoms with Crippen LogP contribution in [-0.4, -0.2) is 12.5 Å². The van der Waals surface area contributed by atoms with E-state index in [1.165, 1.54) is 6.07 Å². The number of halogens is 2. The highest BCUT2D eigenvalue weighted by atomic mass is 79.9. The summed E-state index contributed by atoms with van der Waals surface area (Å²) in [5, 5.41) is 2.56. The summed E-state index contributed by atoms with van der Waals surface area (Å²) in [4.78, 5) is 11.7. The lowest BCUT2D eigenvalue weighted by Crippen LogP contribution is -2.22. The highest BCUT2D eigenvalue weighted by molar-refractivity contribution is 9.10. The third-order valence-corrected chi connectivity index (χ3v) is 3.27. The Balaban J connectivity index is 2.68. The number of para-hydroxylation sites is 1. The molecule has 0 bridgehead atoms. The quantitative estimate of drug-likeness (QED) is 0.879. The molecule has 0 fully saturated rings. The summed E-state index contributed by atoms with van der Waals surface area (Å²) >= 11 is 3.20. The van der Waals surface area contributed by atoms with Crippen LogP contribution < -0.4 is 11.1 Å². The fraction of sp³-hybridized carbons (Fsp3) is 0.417. The van der Waals surface area contributed by atoms with Crippen LogP contribution in [0.2, 0.25) is 0 Å². The molecule has 0 aliphatic rings. The molecular formula is C12H16BrFN2O. The zero-order valence-corrected chi connectivity index (χ0v) is 11.3. The number of nitrogens with two attached hydrogens (primary N) is 1. The fourth-order valence-electron chi connectivity index (χ4n) is 1.46. The molecule has 0 aliphatic carbocycles. The average molecular weight is 303 g/mol. The lowest BCUT2D eigenvalue weighted by Gasteiger charge is -2.13. The third kappa shape index (κ3) is 4.09. The van der Waals surface area contributed by atoms with Gasteiger partial charge in [-0.1, -0.05) is 19.4 Å². The molecule has 94 valence electrons. The van der Waals surface area contributed by atoms with Crippen LogP contribution in [0.25, 0.3) is 0 Å². The van der Waals surface area contributed by atoms with Gasteiger partial charge in [-0.15, -0.1) is 0 Å². The first-order valence-corrected chi connectivity index (χ1v) is 6.31. The van der Waals surface area contributed by atoms with Gasteiger partial charge in [0, 0.05) is 10.9 Å². The Bertz CT molecular complexity index is 374. The molecular weight excluding hydrogens is 287 g/mol. The smallest absolute Gasteiger partial charge is 0.224 e.